The minimum atomic E-state index is 0. The Kier molecular flexibility index (Phi) is 6.20. The highest BCUT2D eigenvalue weighted by atomic mass is 79.9. The number of halogens is 1. The standard InChI is InChI=1S/C15H18N4S.BrH/c1-3-7-12(8-4-1)13-11-20-15(17-13)19-18-14-9-5-2-6-10-16-14;/h1,3-4,7-8,11H,2,5-6,9-10H2,(H,16,18)(H,17,19);1H. The highest BCUT2D eigenvalue weighted by molar-refractivity contribution is 8.93. The summed E-state index contributed by atoms with van der Waals surface area (Å²) in [6, 6.07) is 10.2. The van der Waals surface area contributed by atoms with Gasteiger partial charge in [0.25, 0.3) is 0 Å². The van der Waals surface area contributed by atoms with E-state index in [-0.39, 0.29) is 17.0 Å². The lowest BCUT2D eigenvalue weighted by Crippen LogP contribution is -2.29. The second kappa shape index (κ2) is 8.14. The van der Waals surface area contributed by atoms with Crippen molar-refractivity contribution in [3.05, 3.63) is 35.7 Å². The third-order valence-corrected chi connectivity index (χ3v) is 4.02. The maximum atomic E-state index is 4.58. The van der Waals surface area contributed by atoms with Gasteiger partial charge in [-0.1, -0.05) is 36.8 Å². The number of nitrogens with one attached hydrogen (secondary N) is 2. The van der Waals surface area contributed by atoms with Crippen molar-refractivity contribution in [3.8, 4) is 11.3 Å². The molecule has 4 nitrogen and oxygen atoms in total. The fourth-order valence-electron chi connectivity index (χ4n) is 2.17. The van der Waals surface area contributed by atoms with Crippen LogP contribution in [0.1, 0.15) is 25.7 Å². The van der Waals surface area contributed by atoms with Crippen LogP contribution in [0.2, 0.25) is 0 Å². The summed E-state index contributed by atoms with van der Waals surface area (Å²) < 4.78 is 0. The van der Waals surface area contributed by atoms with Crippen molar-refractivity contribution in [2.24, 2.45) is 4.99 Å². The average Bonchev–Trinajstić information content (AvgIpc) is 2.82. The fourth-order valence-corrected chi connectivity index (χ4v) is 2.85. The molecule has 0 bridgehead atoms. The van der Waals surface area contributed by atoms with E-state index in [9.17, 15) is 0 Å². The van der Waals surface area contributed by atoms with E-state index in [0.29, 0.717) is 0 Å². The average molecular weight is 367 g/mol. The van der Waals surface area contributed by atoms with Gasteiger partial charge in [-0.3, -0.25) is 15.8 Å². The molecule has 0 aliphatic carbocycles. The summed E-state index contributed by atoms with van der Waals surface area (Å²) in [4.78, 5) is 9.10. The third-order valence-electron chi connectivity index (χ3n) is 3.26. The minimum Gasteiger partial charge on any atom is -0.286 e. The molecule has 1 aliphatic rings. The van der Waals surface area contributed by atoms with Crippen LogP contribution >= 0.6 is 28.3 Å². The molecule has 2 heterocycles. The van der Waals surface area contributed by atoms with Crippen LogP contribution in [0.5, 0.6) is 0 Å². The summed E-state index contributed by atoms with van der Waals surface area (Å²) in [6.07, 6.45) is 4.69. The van der Waals surface area contributed by atoms with E-state index in [4.69, 9.17) is 0 Å². The quantitative estimate of drug-likeness (QED) is 0.797. The van der Waals surface area contributed by atoms with Crippen LogP contribution in [0.15, 0.2) is 40.7 Å². The largest absolute Gasteiger partial charge is 0.286 e. The summed E-state index contributed by atoms with van der Waals surface area (Å²) in [5.41, 5.74) is 8.49. The van der Waals surface area contributed by atoms with Crippen molar-refractivity contribution < 1.29 is 0 Å². The second-order valence-electron chi connectivity index (χ2n) is 4.79. The number of hydrogen-bond donors (Lipinski definition) is 2. The Bertz CT molecular complexity index is 582. The van der Waals surface area contributed by atoms with E-state index in [2.05, 4.69) is 38.3 Å². The topological polar surface area (TPSA) is 49.3 Å². The number of rotatable bonds is 3. The van der Waals surface area contributed by atoms with Crippen LogP contribution in [-0.4, -0.2) is 17.4 Å². The Morgan fingerprint density at radius 1 is 1.00 bits per heavy atom. The number of amidine groups is 1. The predicted molar refractivity (Wildman–Crippen MR) is 95.4 cm³/mol. The highest BCUT2D eigenvalue weighted by Crippen LogP contribution is 2.24. The van der Waals surface area contributed by atoms with Crippen LogP contribution in [0, 0.1) is 0 Å². The van der Waals surface area contributed by atoms with Crippen molar-refractivity contribution in [2.75, 3.05) is 12.0 Å². The van der Waals surface area contributed by atoms with Gasteiger partial charge in [0.2, 0.25) is 5.13 Å². The summed E-state index contributed by atoms with van der Waals surface area (Å²) >= 11 is 1.60. The zero-order chi connectivity index (χ0) is 13.6. The first-order valence-electron chi connectivity index (χ1n) is 6.98. The van der Waals surface area contributed by atoms with Crippen molar-refractivity contribution in [1.82, 2.24) is 10.4 Å². The fraction of sp³-hybridized carbons (Fsp3) is 0.333. The van der Waals surface area contributed by atoms with Crippen LogP contribution < -0.4 is 10.9 Å². The zero-order valence-electron chi connectivity index (χ0n) is 11.7. The number of hydrogen-bond acceptors (Lipinski definition) is 5. The number of aromatic nitrogens is 1. The van der Waals surface area contributed by atoms with Crippen LogP contribution in [0.4, 0.5) is 5.13 Å². The van der Waals surface area contributed by atoms with Crippen molar-refractivity contribution >= 4 is 39.3 Å². The first kappa shape index (κ1) is 16.0. The maximum Gasteiger partial charge on any atom is 0.202 e. The van der Waals surface area contributed by atoms with Crippen LogP contribution in [-0.2, 0) is 0 Å². The van der Waals surface area contributed by atoms with Crippen LogP contribution in [0.3, 0.4) is 0 Å². The van der Waals surface area contributed by atoms with Gasteiger partial charge in [0, 0.05) is 23.9 Å². The number of hydrazine groups is 1. The van der Waals surface area contributed by atoms with Gasteiger partial charge >= 0.3 is 0 Å². The Labute approximate surface area is 139 Å². The van der Waals surface area contributed by atoms with Gasteiger partial charge in [0.15, 0.2) is 0 Å². The molecule has 0 saturated carbocycles. The number of anilines is 1. The maximum absolute atomic E-state index is 4.58. The number of thiazole rings is 1. The van der Waals surface area contributed by atoms with E-state index >= 15 is 0 Å². The van der Waals surface area contributed by atoms with Gasteiger partial charge in [-0.25, -0.2) is 4.98 Å². The van der Waals surface area contributed by atoms with E-state index in [1.54, 1.807) is 11.3 Å². The Hall–Kier alpha value is -1.40. The first-order chi connectivity index (χ1) is 9.92. The van der Waals surface area contributed by atoms with Gasteiger partial charge in [0.1, 0.15) is 5.84 Å². The summed E-state index contributed by atoms with van der Waals surface area (Å²) in [5, 5.41) is 2.93. The molecule has 0 unspecified atom stereocenters. The van der Waals surface area contributed by atoms with E-state index in [0.717, 1.165) is 35.2 Å². The van der Waals surface area contributed by atoms with Gasteiger partial charge in [-0.05, 0) is 12.8 Å². The zero-order valence-corrected chi connectivity index (χ0v) is 14.2. The SMILES string of the molecule is Br.c1ccc(-c2csc(NNC3=NCCCCC3)n2)cc1. The molecule has 0 atom stereocenters. The van der Waals surface area contributed by atoms with Gasteiger partial charge < -0.3 is 0 Å². The molecule has 0 fully saturated rings. The van der Waals surface area contributed by atoms with Gasteiger partial charge in [-0.2, -0.15) is 0 Å². The van der Waals surface area contributed by atoms with Crippen LogP contribution in [0.25, 0.3) is 11.3 Å². The van der Waals surface area contributed by atoms with Crippen molar-refractivity contribution in [1.29, 1.82) is 0 Å². The Balaban J connectivity index is 0.00000161. The monoisotopic (exact) mass is 366 g/mol. The number of nitrogens with zero attached hydrogens (tertiary/aromatic N) is 2. The van der Waals surface area contributed by atoms with Crippen molar-refractivity contribution in [2.45, 2.75) is 25.7 Å². The molecule has 2 aromatic rings. The summed E-state index contributed by atoms with van der Waals surface area (Å²) in [6.45, 7) is 0.928. The van der Waals surface area contributed by atoms with E-state index < -0.39 is 0 Å². The molecule has 0 saturated heterocycles. The molecular formula is C15H19BrN4S. The Morgan fingerprint density at radius 2 is 1.86 bits per heavy atom. The first-order valence-corrected chi connectivity index (χ1v) is 7.86. The predicted octanol–water partition coefficient (Wildman–Crippen LogP) is 4.28. The molecule has 2 N–H and O–H groups in total. The molecule has 0 radical (unpaired) electrons. The molecule has 0 amide bonds. The normalized spacial score (nSPS) is 14.6. The lowest BCUT2D eigenvalue weighted by atomic mass is 10.2. The molecule has 0 spiro atoms. The molecule has 6 heteroatoms. The minimum absolute atomic E-state index is 0. The molecule has 1 aromatic carbocycles. The van der Waals surface area contributed by atoms with Gasteiger partial charge in [-0.15, -0.1) is 28.3 Å². The molecule has 1 aromatic heterocycles. The molecule has 112 valence electrons. The molecule has 3 rings (SSSR count). The Morgan fingerprint density at radius 3 is 2.71 bits per heavy atom. The lowest BCUT2D eigenvalue weighted by molar-refractivity contribution is 0.729. The highest BCUT2D eigenvalue weighted by Gasteiger charge is 2.06. The summed E-state index contributed by atoms with van der Waals surface area (Å²) in [7, 11) is 0. The summed E-state index contributed by atoms with van der Waals surface area (Å²) in [5.74, 6) is 1.04. The van der Waals surface area contributed by atoms with Gasteiger partial charge in [0.05, 0.1) is 5.69 Å². The number of benzene rings is 1. The smallest absolute Gasteiger partial charge is 0.202 e. The van der Waals surface area contributed by atoms with E-state index in [1.807, 2.05) is 18.2 Å². The second-order valence-corrected chi connectivity index (χ2v) is 5.65. The molecule has 21 heavy (non-hydrogen) atoms. The van der Waals surface area contributed by atoms with Crippen molar-refractivity contribution in [3.63, 3.8) is 0 Å². The molecular weight excluding hydrogens is 348 g/mol. The third kappa shape index (κ3) is 4.54. The van der Waals surface area contributed by atoms with E-state index in [1.165, 1.54) is 19.3 Å². The lowest BCUT2D eigenvalue weighted by Gasteiger charge is -2.08. The molecule has 1 aliphatic heterocycles. The number of aliphatic imine (C=N–C) groups is 1.